The molecule has 6 heteroatoms. The number of nitrogens with zero attached hydrogens (tertiary/aromatic N) is 4. The molecule has 1 aliphatic heterocycles. The highest BCUT2D eigenvalue weighted by atomic mass is 15.3. The lowest BCUT2D eigenvalue weighted by atomic mass is 10.0. The van der Waals surface area contributed by atoms with Gasteiger partial charge >= 0.3 is 0 Å². The van der Waals surface area contributed by atoms with E-state index in [1.54, 1.807) is 0 Å². The van der Waals surface area contributed by atoms with Crippen molar-refractivity contribution in [2.24, 2.45) is 0 Å². The lowest BCUT2D eigenvalue weighted by molar-refractivity contribution is 0.458. The number of aromatic amines is 1. The SMILES string of the molecule is Cc1[nH]ncc1-c1nnc2n1CCNC2c1ccccc1. The third kappa shape index (κ3) is 1.95. The van der Waals surface area contributed by atoms with E-state index in [-0.39, 0.29) is 6.04 Å². The standard InChI is InChI=1S/C15H16N6/c1-10-12(9-17-18-10)14-19-20-15-13(16-7-8-21(14)15)11-5-3-2-4-6-11/h2-6,9,13,16H,7-8H2,1H3,(H,17,18). The van der Waals surface area contributed by atoms with Crippen molar-refractivity contribution in [2.45, 2.75) is 19.5 Å². The summed E-state index contributed by atoms with van der Waals surface area (Å²) in [4.78, 5) is 0. The Morgan fingerprint density at radius 2 is 2.05 bits per heavy atom. The van der Waals surface area contributed by atoms with Crippen LogP contribution in [0.1, 0.15) is 23.1 Å². The van der Waals surface area contributed by atoms with Gasteiger partial charge < -0.3 is 9.88 Å². The van der Waals surface area contributed by atoms with Gasteiger partial charge in [0, 0.05) is 18.8 Å². The van der Waals surface area contributed by atoms with Gasteiger partial charge in [-0.1, -0.05) is 30.3 Å². The third-order valence-electron chi connectivity index (χ3n) is 3.93. The van der Waals surface area contributed by atoms with Crippen LogP contribution in [-0.2, 0) is 6.54 Å². The molecule has 0 bridgehead atoms. The molecule has 6 nitrogen and oxygen atoms in total. The lowest BCUT2D eigenvalue weighted by Crippen LogP contribution is -2.34. The van der Waals surface area contributed by atoms with E-state index < -0.39 is 0 Å². The fourth-order valence-corrected chi connectivity index (χ4v) is 2.85. The number of hydrogen-bond acceptors (Lipinski definition) is 4. The zero-order valence-corrected chi connectivity index (χ0v) is 11.7. The minimum absolute atomic E-state index is 0.0911. The van der Waals surface area contributed by atoms with E-state index in [1.807, 2.05) is 31.3 Å². The van der Waals surface area contributed by atoms with Crippen LogP contribution < -0.4 is 5.32 Å². The number of nitrogens with one attached hydrogen (secondary N) is 2. The average molecular weight is 280 g/mol. The van der Waals surface area contributed by atoms with E-state index in [0.29, 0.717) is 0 Å². The van der Waals surface area contributed by atoms with Crippen LogP contribution in [0.5, 0.6) is 0 Å². The molecule has 0 radical (unpaired) electrons. The maximum absolute atomic E-state index is 4.42. The second kappa shape index (κ2) is 4.82. The highest BCUT2D eigenvalue weighted by molar-refractivity contribution is 5.57. The predicted octanol–water partition coefficient (Wildman–Crippen LogP) is 1.67. The summed E-state index contributed by atoms with van der Waals surface area (Å²) in [6.45, 7) is 3.76. The smallest absolute Gasteiger partial charge is 0.167 e. The predicted molar refractivity (Wildman–Crippen MR) is 78.6 cm³/mol. The summed E-state index contributed by atoms with van der Waals surface area (Å²) >= 11 is 0. The van der Waals surface area contributed by atoms with Crippen LogP contribution in [0.2, 0.25) is 0 Å². The van der Waals surface area contributed by atoms with Crippen molar-refractivity contribution in [1.29, 1.82) is 0 Å². The molecule has 0 amide bonds. The Morgan fingerprint density at radius 1 is 1.19 bits per heavy atom. The van der Waals surface area contributed by atoms with Crippen LogP contribution in [0, 0.1) is 6.92 Å². The van der Waals surface area contributed by atoms with Gasteiger partial charge in [-0.05, 0) is 12.5 Å². The fourth-order valence-electron chi connectivity index (χ4n) is 2.85. The Bertz CT molecular complexity index is 758. The van der Waals surface area contributed by atoms with Gasteiger partial charge in [-0.15, -0.1) is 10.2 Å². The molecule has 1 atom stereocenters. The molecular weight excluding hydrogens is 264 g/mol. The minimum Gasteiger partial charge on any atom is -0.308 e. The van der Waals surface area contributed by atoms with Gasteiger partial charge in [0.1, 0.15) is 0 Å². The summed E-state index contributed by atoms with van der Waals surface area (Å²) in [6.07, 6.45) is 1.81. The molecule has 0 spiro atoms. The molecule has 2 aromatic heterocycles. The van der Waals surface area contributed by atoms with E-state index in [4.69, 9.17) is 0 Å². The second-order valence-corrected chi connectivity index (χ2v) is 5.24. The summed E-state index contributed by atoms with van der Waals surface area (Å²) in [5.41, 5.74) is 3.24. The molecule has 3 aromatic rings. The van der Waals surface area contributed by atoms with Gasteiger partial charge in [-0.2, -0.15) is 5.10 Å². The number of aromatic nitrogens is 5. The van der Waals surface area contributed by atoms with Crippen LogP contribution in [0.15, 0.2) is 36.5 Å². The summed E-state index contributed by atoms with van der Waals surface area (Å²) in [5.74, 6) is 1.85. The molecular formula is C15H16N6. The molecule has 2 N–H and O–H groups in total. The second-order valence-electron chi connectivity index (χ2n) is 5.24. The van der Waals surface area contributed by atoms with Gasteiger partial charge in [-0.25, -0.2) is 0 Å². The van der Waals surface area contributed by atoms with Crippen LogP contribution in [0.25, 0.3) is 11.4 Å². The highest BCUT2D eigenvalue weighted by Crippen LogP contribution is 2.28. The molecule has 1 unspecified atom stereocenters. The van der Waals surface area contributed by atoms with Crippen LogP contribution in [0.4, 0.5) is 0 Å². The monoisotopic (exact) mass is 280 g/mol. The lowest BCUT2D eigenvalue weighted by Gasteiger charge is -2.25. The summed E-state index contributed by atoms with van der Waals surface area (Å²) in [5, 5.41) is 19.4. The molecule has 0 fully saturated rings. The Balaban J connectivity index is 1.81. The Kier molecular flexibility index (Phi) is 2.82. The number of hydrogen-bond donors (Lipinski definition) is 2. The quantitative estimate of drug-likeness (QED) is 0.749. The largest absolute Gasteiger partial charge is 0.308 e. The first-order valence-corrected chi connectivity index (χ1v) is 7.06. The Morgan fingerprint density at radius 3 is 2.81 bits per heavy atom. The average Bonchev–Trinajstić information content (AvgIpc) is 3.13. The normalized spacial score (nSPS) is 17.7. The van der Waals surface area contributed by atoms with E-state index in [1.165, 1.54) is 5.56 Å². The first kappa shape index (κ1) is 12.3. The number of rotatable bonds is 2. The van der Waals surface area contributed by atoms with Gasteiger partial charge in [-0.3, -0.25) is 5.10 Å². The highest BCUT2D eigenvalue weighted by Gasteiger charge is 2.27. The van der Waals surface area contributed by atoms with Gasteiger partial charge in [0.25, 0.3) is 0 Å². The van der Waals surface area contributed by atoms with E-state index in [0.717, 1.165) is 36.0 Å². The zero-order valence-electron chi connectivity index (χ0n) is 11.7. The van der Waals surface area contributed by atoms with E-state index in [9.17, 15) is 0 Å². The molecule has 0 saturated carbocycles. The fraction of sp³-hybridized carbons (Fsp3) is 0.267. The molecule has 106 valence electrons. The zero-order chi connectivity index (χ0) is 14.2. The molecule has 4 rings (SSSR count). The molecule has 0 saturated heterocycles. The number of benzene rings is 1. The van der Waals surface area contributed by atoms with E-state index >= 15 is 0 Å². The molecule has 1 aromatic carbocycles. The maximum atomic E-state index is 4.42. The van der Waals surface area contributed by atoms with E-state index in [2.05, 4.69) is 42.4 Å². The van der Waals surface area contributed by atoms with Crippen molar-refractivity contribution < 1.29 is 0 Å². The van der Waals surface area contributed by atoms with Gasteiger partial charge in [0.2, 0.25) is 0 Å². The summed E-state index contributed by atoms with van der Waals surface area (Å²) in [6, 6.07) is 10.4. The number of H-pyrrole nitrogens is 1. The van der Waals surface area contributed by atoms with Crippen molar-refractivity contribution in [3.63, 3.8) is 0 Å². The topological polar surface area (TPSA) is 71.4 Å². The van der Waals surface area contributed by atoms with Crippen LogP contribution >= 0.6 is 0 Å². The number of fused-ring (bicyclic) bond motifs is 1. The maximum Gasteiger partial charge on any atom is 0.167 e. The Labute approximate surface area is 122 Å². The van der Waals surface area contributed by atoms with Gasteiger partial charge in [0.05, 0.1) is 17.8 Å². The van der Waals surface area contributed by atoms with Crippen molar-refractivity contribution in [2.75, 3.05) is 6.54 Å². The van der Waals surface area contributed by atoms with Crippen molar-refractivity contribution in [3.05, 3.63) is 53.6 Å². The first-order valence-electron chi connectivity index (χ1n) is 7.06. The molecule has 0 aliphatic carbocycles. The molecule has 3 heterocycles. The van der Waals surface area contributed by atoms with Crippen molar-refractivity contribution >= 4 is 0 Å². The first-order chi connectivity index (χ1) is 10.3. The van der Waals surface area contributed by atoms with Crippen molar-refractivity contribution in [1.82, 2.24) is 30.3 Å². The van der Waals surface area contributed by atoms with Crippen LogP contribution in [-0.4, -0.2) is 31.5 Å². The Hall–Kier alpha value is -2.47. The van der Waals surface area contributed by atoms with Gasteiger partial charge in [0.15, 0.2) is 11.6 Å². The number of aryl methyl sites for hydroxylation is 1. The molecule has 21 heavy (non-hydrogen) atoms. The molecule has 1 aliphatic rings. The summed E-state index contributed by atoms with van der Waals surface area (Å²) in [7, 11) is 0. The third-order valence-corrected chi connectivity index (χ3v) is 3.93. The summed E-state index contributed by atoms with van der Waals surface area (Å²) < 4.78 is 2.19. The van der Waals surface area contributed by atoms with Crippen molar-refractivity contribution in [3.8, 4) is 11.4 Å². The minimum atomic E-state index is 0.0911. The van der Waals surface area contributed by atoms with Crippen LogP contribution in [0.3, 0.4) is 0 Å².